The third kappa shape index (κ3) is 1.82. The number of rotatable bonds is 0. The fourth-order valence-corrected chi connectivity index (χ4v) is 1.11. The van der Waals surface area contributed by atoms with Gasteiger partial charge in [0.05, 0.1) is 7.11 Å². The van der Waals surface area contributed by atoms with Crippen molar-refractivity contribution < 1.29 is 4.74 Å². The van der Waals surface area contributed by atoms with Crippen LogP contribution in [0.15, 0.2) is 15.7 Å². The maximum Gasteiger partial charge on any atom is 0.188 e. The molecule has 0 amide bonds. The Labute approximate surface area is 62.7 Å². The van der Waals surface area contributed by atoms with E-state index in [1.54, 1.807) is 7.11 Å². The molecule has 1 rings (SSSR count). The van der Waals surface area contributed by atoms with Gasteiger partial charge >= 0.3 is 0 Å². The molecule has 9 heavy (non-hydrogen) atoms. The predicted molar refractivity (Wildman–Crippen MR) is 40.7 cm³/mol. The Hall–Kier alpha value is -0.310. The molecule has 0 unspecified atom stereocenters. The number of halogens is 1. The molecule has 0 N–H and O–H groups in total. The molecule has 0 spiro atoms. The number of hydrogen-bond donors (Lipinski definition) is 0. The van der Waals surface area contributed by atoms with Gasteiger partial charge in [0, 0.05) is 6.42 Å². The molecular formula is C6H8BrNO. The van der Waals surface area contributed by atoms with Crippen molar-refractivity contribution in [3.05, 3.63) is 10.7 Å². The minimum Gasteiger partial charge on any atom is -0.484 e. The van der Waals surface area contributed by atoms with Crippen LogP contribution in [-0.4, -0.2) is 13.0 Å². The van der Waals surface area contributed by atoms with Gasteiger partial charge in [-0.1, -0.05) is 6.08 Å². The number of aliphatic imine (C=N–C) groups is 1. The Morgan fingerprint density at radius 1 is 1.78 bits per heavy atom. The van der Waals surface area contributed by atoms with E-state index < -0.39 is 0 Å². The van der Waals surface area contributed by atoms with E-state index in [1.165, 1.54) is 0 Å². The zero-order chi connectivity index (χ0) is 6.69. The van der Waals surface area contributed by atoms with Crippen molar-refractivity contribution in [2.45, 2.75) is 12.8 Å². The predicted octanol–water partition coefficient (Wildman–Crippen LogP) is 2.06. The van der Waals surface area contributed by atoms with E-state index in [4.69, 9.17) is 4.74 Å². The van der Waals surface area contributed by atoms with Crippen molar-refractivity contribution in [3.63, 3.8) is 0 Å². The van der Waals surface area contributed by atoms with Gasteiger partial charge in [-0.05, 0) is 22.4 Å². The van der Waals surface area contributed by atoms with Gasteiger partial charge in [-0.15, -0.1) is 0 Å². The normalized spacial score (nSPS) is 18.4. The van der Waals surface area contributed by atoms with Crippen molar-refractivity contribution in [3.8, 4) is 0 Å². The van der Waals surface area contributed by atoms with Gasteiger partial charge in [0.15, 0.2) is 5.90 Å². The molecule has 1 aliphatic rings. The Kier molecular flexibility index (Phi) is 2.28. The van der Waals surface area contributed by atoms with Crippen molar-refractivity contribution in [2.24, 2.45) is 4.99 Å². The maximum atomic E-state index is 4.94. The highest BCUT2D eigenvalue weighted by Crippen LogP contribution is 2.15. The standard InChI is InChI=1S/C6H8BrNO/c1-9-6-4-2-3-5(7)8-6/h3H,2,4H2,1H3. The lowest BCUT2D eigenvalue weighted by molar-refractivity contribution is 0.389. The summed E-state index contributed by atoms with van der Waals surface area (Å²) in [5, 5.41) is 0. The van der Waals surface area contributed by atoms with Crippen LogP contribution < -0.4 is 0 Å². The first-order valence-electron chi connectivity index (χ1n) is 2.80. The van der Waals surface area contributed by atoms with E-state index in [0.717, 1.165) is 23.3 Å². The van der Waals surface area contributed by atoms with E-state index in [0.29, 0.717) is 0 Å². The number of hydrogen-bond acceptors (Lipinski definition) is 2. The summed E-state index contributed by atoms with van der Waals surface area (Å²) in [6.07, 6.45) is 3.97. The Bertz CT molecular complexity index is 162. The first kappa shape index (κ1) is 6.81. The lowest BCUT2D eigenvalue weighted by Gasteiger charge is -2.06. The molecule has 0 saturated heterocycles. The number of allylic oxidation sites excluding steroid dienone is 1. The summed E-state index contributed by atoms with van der Waals surface area (Å²) in [5.41, 5.74) is 0. The van der Waals surface area contributed by atoms with Gasteiger partial charge in [-0.3, -0.25) is 0 Å². The highest BCUT2D eigenvalue weighted by Gasteiger charge is 2.03. The Balaban J connectivity index is 2.63. The largest absolute Gasteiger partial charge is 0.484 e. The average Bonchev–Trinajstić information content (AvgIpc) is 1.88. The molecule has 0 aromatic heterocycles. The molecule has 0 atom stereocenters. The van der Waals surface area contributed by atoms with Gasteiger partial charge in [0.2, 0.25) is 0 Å². The first-order chi connectivity index (χ1) is 4.33. The molecule has 1 heterocycles. The second-order valence-corrected chi connectivity index (χ2v) is 2.59. The summed E-state index contributed by atoms with van der Waals surface area (Å²) in [5.74, 6) is 0.810. The highest BCUT2D eigenvalue weighted by molar-refractivity contribution is 9.11. The summed E-state index contributed by atoms with van der Waals surface area (Å²) in [6, 6.07) is 0. The van der Waals surface area contributed by atoms with Crippen molar-refractivity contribution in [1.29, 1.82) is 0 Å². The van der Waals surface area contributed by atoms with Gasteiger partial charge in [0.25, 0.3) is 0 Å². The minimum absolute atomic E-state index is 0.810. The van der Waals surface area contributed by atoms with E-state index in [-0.39, 0.29) is 0 Å². The van der Waals surface area contributed by atoms with Crippen LogP contribution in [0, 0.1) is 0 Å². The number of nitrogens with zero attached hydrogens (tertiary/aromatic N) is 1. The van der Waals surface area contributed by atoms with Gasteiger partial charge in [-0.2, -0.15) is 0 Å². The van der Waals surface area contributed by atoms with Gasteiger partial charge in [0.1, 0.15) is 4.61 Å². The monoisotopic (exact) mass is 189 g/mol. The summed E-state index contributed by atoms with van der Waals surface area (Å²) in [7, 11) is 1.64. The van der Waals surface area contributed by atoms with Gasteiger partial charge < -0.3 is 4.74 Å². The minimum atomic E-state index is 0.810. The van der Waals surface area contributed by atoms with Crippen LogP contribution in [0.25, 0.3) is 0 Å². The second-order valence-electron chi connectivity index (χ2n) is 1.78. The molecular weight excluding hydrogens is 182 g/mol. The van der Waals surface area contributed by atoms with Crippen molar-refractivity contribution in [1.82, 2.24) is 0 Å². The van der Waals surface area contributed by atoms with E-state index in [2.05, 4.69) is 20.9 Å². The molecule has 0 radical (unpaired) electrons. The molecule has 2 nitrogen and oxygen atoms in total. The second kappa shape index (κ2) is 3.01. The molecule has 1 aliphatic heterocycles. The fraction of sp³-hybridized carbons (Fsp3) is 0.500. The van der Waals surface area contributed by atoms with Crippen LogP contribution in [0.5, 0.6) is 0 Å². The molecule has 0 bridgehead atoms. The first-order valence-corrected chi connectivity index (χ1v) is 3.59. The molecule has 0 saturated carbocycles. The fourth-order valence-electron chi connectivity index (χ4n) is 0.683. The quantitative estimate of drug-likeness (QED) is 0.535. The van der Waals surface area contributed by atoms with Crippen molar-refractivity contribution in [2.75, 3.05) is 7.11 Å². The molecule has 0 fully saturated rings. The van der Waals surface area contributed by atoms with Crippen LogP contribution in [0.2, 0.25) is 0 Å². The topological polar surface area (TPSA) is 21.6 Å². The summed E-state index contributed by atoms with van der Waals surface area (Å²) in [6.45, 7) is 0. The summed E-state index contributed by atoms with van der Waals surface area (Å²) in [4.78, 5) is 4.07. The van der Waals surface area contributed by atoms with E-state index in [1.807, 2.05) is 6.08 Å². The maximum absolute atomic E-state index is 4.94. The van der Waals surface area contributed by atoms with Crippen LogP contribution in [0.4, 0.5) is 0 Å². The van der Waals surface area contributed by atoms with Crippen LogP contribution in [-0.2, 0) is 4.74 Å². The van der Waals surface area contributed by atoms with E-state index in [9.17, 15) is 0 Å². The molecule has 0 aromatic rings. The average molecular weight is 190 g/mol. The lowest BCUT2D eigenvalue weighted by Crippen LogP contribution is -2.02. The Morgan fingerprint density at radius 3 is 3.00 bits per heavy atom. The molecule has 0 aromatic carbocycles. The summed E-state index contributed by atoms with van der Waals surface area (Å²) < 4.78 is 5.82. The van der Waals surface area contributed by atoms with Crippen molar-refractivity contribution >= 4 is 21.8 Å². The SMILES string of the molecule is COC1=NC(Br)=CCC1. The number of methoxy groups -OCH3 is 1. The zero-order valence-electron chi connectivity index (χ0n) is 5.22. The summed E-state index contributed by atoms with van der Waals surface area (Å²) >= 11 is 3.26. The Morgan fingerprint density at radius 2 is 2.56 bits per heavy atom. The highest BCUT2D eigenvalue weighted by atomic mass is 79.9. The van der Waals surface area contributed by atoms with Crippen LogP contribution in [0.3, 0.4) is 0 Å². The number of ether oxygens (including phenoxy) is 1. The third-order valence-corrected chi connectivity index (χ3v) is 1.64. The lowest BCUT2D eigenvalue weighted by atomic mass is 10.3. The van der Waals surface area contributed by atoms with Crippen LogP contribution >= 0.6 is 15.9 Å². The molecule has 3 heteroatoms. The molecule has 50 valence electrons. The van der Waals surface area contributed by atoms with E-state index >= 15 is 0 Å². The van der Waals surface area contributed by atoms with Crippen LogP contribution in [0.1, 0.15) is 12.8 Å². The third-order valence-electron chi connectivity index (χ3n) is 1.14. The van der Waals surface area contributed by atoms with Gasteiger partial charge in [-0.25, -0.2) is 4.99 Å². The molecule has 0 aliphatic carbocycles. The smallest absolute Gasteiger partial charge is 0.188 e. The zero-order valence-corrected chi connectivity index (χ0v) is 6.81.